The molecule has 0 spiro atoms. The molecule has 3 fully saturated rings. The number of esters is 2. The van der Waals surface area contributed by atoms with E-state index in [1.165, 1.54) is 18.9 Å². The van der Waals surface area contributed by atoms with Gasteiger partial charge in [0.25, 0.3) is 17.6 Å². The number of allylic oxidation sites excluding steroid dienone is 3. The number of hydrogen-bond acceptors (Lipinski definition) is 13. The van der Waals surface area contributed by atoms with Gasteiger partial charge in [0.2, 0.25) is 5.79 Å². The van der Waals surface area contributed by atoms with Crippen molar-refractivity contribution in [1.29, 1.82) is 0 Å². The van der Waals surface area contributed by atoms with Crippen LogP contribution in [0.5, 0.6) is 5.75 Å². The molecule has 1 aliphatic carbocycles. The van der Waals surface area contributed by atoms with Gasteiger partial charge in [0.05, 0.1) is 18.2 Å². The highest BCUT2D eigenvalue weighted by molar-refractivity contribution is 6.39. The predicted octanol–water partition coefficient (Wildman–Crippen LogP) is 6.62. The summed E-state index contributed by atoms with van der Waals surface area (Å²) >= 11 is 0. The van der Waals surface area contributed by atoms with E-state index >= 15 is 0 Å². The zero-order valence-electron chi connectivity index (χ0n) is 41.2. The molecule has 67 heavy (non-hydrogen) atoms. The molecule has 15 heteroatoms. The normalized spacial score (nSPS) is 35.2. The summed E-state index contributed by atoms with van der Waals surface area (Å²) in [6.45, 7) is 12.6. The van der Waals surface area contributed by atoms with Crippen LogP contribution in [-0.4, -0.2) is 121 Å². The molecular formula is C52H76N2O13. The molecule has 2 amide bonds. The number of cyclic esters (lactones) is 1. The van der Waals surface area contributed by atoms with Gasteiger partial charge in [0.15, 0.2) is 6.61 Å². The second-order valence-corrected chi connectivity index (χ2v) is 19.6. The molecule has 2 saturated heterocycles. The molecule has 5 rings (SSSR count). The topological polar surface area (TPSA) is 193 Å². The Labute approximate surface area is 397 Å². The summed E-state index contributed by atoms with van der Waals surface area (Å²) in [7, 11) is 3.08. The minimum absolute atomic E-state index is 0.0583. The van der Waals surface area contributed by atoms with Crippen molar-refractivity contribution in [3.05, 3.63) is 53.6 Å². The van der Waals surface area contributed by atoms with Crippen molar-refractivity contribution in [2.45, 2.75) is 174 Å². The number of amides is 2. The Morgan fingerprint density at radius 2 is 1.63 bits per heavy atom. The lowest BCUT2D eigenvalue weighted by Gasteiger charge is -2.47. The van der Waals surface area contributed by atoms with Crippen molar-refractivity contribution in [1.82, 2.24) is 10.2 Å². The fourth-order valence-electron chi connectivity index (χ4n) is 10.5. The van der Waals surface area contributed by atoms with Crippen LogP contribution in [0.3, 0.4) is 0 Å². The lowest BCUT2D eigenvalue weighted by atomic mass is 9.81. The molecule has 13 unspecified atom stereocenters. The SMILES string of the molecule is CCC1/C=C(\C)CC(C)CC(OC)C2OC(O)(C(=O)C(=O)N3CCCCC3C(=O)OC(C(C)=CC3CCC(NC(=O)COC(C)=O)C(Oc4ccccc4)C3)C(C)CCC1=O)C(C)CC2OC. The number of para-hydroxylation sites is 1. The van der Waals surface area contributed by atoms with Crippen molar-refractivity contribution in [3.8, 4) is 5.75 Å². The number of carbonyl (C=O) groups excluding carboxylic acids is 6. The molecule has 1 aromatic rings. The van der Waals surface area contributed by atoms with Crippen molar-refractivity contribution in [3.63, 3.8) is 0 Å². The smallest absolute Gasteiger partial charge is 0.329 e. The van der Waals surface area contributed by atoms with Gasteiger partial charge < -0.3 is 43.7 Å². The number of piperidine rings is 1. The van der Waals surface area contributed by atoms with E-state index in [1.807, 2.05) is 58.0 Å². The molecule has 2 N–H and O–H groups in total. The molecule has 4 aliphatic rings. The lowest BCUT2D eigenvalue weighted by Crippen LogP contribution is -2.64. The largest absolute Gasteiger partial charge is 0.488 e. The zero-order valence-corrected chi connectivity index (χ0v) is 41.2. The molecule has 3 heterocycles. The Morgan fingerprint density at radius 1 is 0.925 bits per heavy atom. The van der Waals surface area contributed by atoms with Crippen LogP contribution in [0.4, 0.5) is 0 Å². The second-order valence-electron chi connectivity index (χ2n) is 19.6. The highest BCUT2D eigenvalue weighted by Crippen LogP contribution is 2.39. The highest BCUT2D eigenvalue weighted by Gasteiger charge is 2.56. The average Bonchev–Trinajstić information content (AvgIpc) is 3.31. The Morgan fingerprint density at radius 3 is 2.30 bits per heavy atom. The number of nitrogens with zero attached hydrogens (tertiary/aromatic N) is 1. The lowest BCUT2D eigenvalue weighted by molar-refractivity contribution is -0.302. The van der Waals surface area contributed by atoms with Gasteiger partial charge >= 0.3 is 11.9 Å². The van der Waals surface area contributed by atoms with E-state index in [9.17, 15) is 33.9 Å². The van der Waals surface area contributed by atoms with E-state index in [0.717, 1.165) is 11.1 Å². The Kier molecular flexibility index (Phi) is 19.7. The minimum atomic E-state index is -2.51. The number of carbonyl (C=O) groups is 6. The van der Waals surface area contributed by atoms with Gasteiger partial charge in [-0.15, -0.1) is 0 Å². The summed E-state index contributed by atoms with van der Waals surface area (Å²) < 4.78 is 36.0. The fourth-order valence-corrected chi connectivity index (χ4v) is 10.5. The van der Waals surface area contributed by atoms with Crippen LogP contribution < -0.4 is 10.1 Å². The number of rotatable bonds is 10. The van der Waals surface area contributed by atoms with Gasteiger partial charge in [0.1, 0.15) is 35.9 Å². The summed E-state index contributed by atoms with van der Waals surface area (Å²) in [6, 6.07) is 7.83. The first-order valence-electron chi connectivity index (χ1n) is 24.4. The molecule has 15 nitrogen and oxygen atoms in total. The molecule has 372 valence electrons. The van der Waals surface area contributed by atoms with E-state index in [2.05, 4.69) is 24.4 Å². The van der Waals surface area contributed by atoms with Gasteiger partial charge in [-0.3, -0.25) is 24.0 Å². The van der Waals surface area contributed by atoms with Crippen molar-refractivity contribution < 1.29 is 62.3 Å². The molecule has 2 bridgehead atoms. The van der Waals surface area contributed by atoms with Gasteiger partial charge in [-0.2, -0.15) is 0 Å². The van der Waals surface area contributed by atoms with Crippen LogP contribution in [0.1, 0.15) is 126 Å². The van der Waals surface area contributed by atoms with E-state index < -0.39 is 84.4 Å². The van der Waals surface area contributed by atoms with Crippen molar-refractivity contribution >= 4 is 35.3 Å². The molecule has 0 aromatic heterocycles. The van der Waals surface area contributed by atoms with E-state index in [0.29, 0.717) is 63.5 Å². The van der Waals surface area contributed by atoms with Gasteiger partial charge in [-0.1, -0.05) is 63.6 Å². The van der Waals surface area contributed by atoms with Crippen LogP contribution >= 0.6 is 0 Å². The van der Waals surface area contributed by atoms with E-state index in [1.54, 1.807) is 14.0 Å². The summed E-state index contributed by atoms with van der Waals surface area (Å²) in [5.74, 6) is -7.06. The van der Waals surface area contributed by atoms with E-state index in [4.69, 9.17) is 28.4 Å². The Balaban J connectivity index is 1.48. The number of hydrogen-bond donors (Lipinski definition) is 2. The van der Waals surface area contributed by atoms with Gasteiger partial charge in [0, 0.05) is 45.9 Å². The summed E-state index contributed by atoms with van der Waals surface area (Å²) in [4.78, 5) is 82.8. The van der Waals surface area contributed by atoms with Gasteiger partial charge in [-0.25, -0.2) is 4.79 Å². The maximum absolute atomic E-state index is 14.6. The third-order valence-electron chi connectivity index (χ3n) is 14.3. The minimum Gasteiger partial charge on any atom is -0.488 e. The van der Waals surface area contributed by atoms with Crippen molar-refractivity contribution in [2.24, 2.45) is 29.6 Å². The summed E-state index contributed by atoms with van der Waals surface area (Å²) in [5, 5.41) is 15.1. The number of Topliss-reactive ketones (excluding diaryl/α,β-unsaturated/α-hetero) is 2. The summed E-state index contributed by atoms with van der Waals surface area (Å²) in [6.07, 6.45) is 6.67. The van der Waals surface area contributed by atoms with E-state index in [-0.39, 0.29) is 61.3 Å². The van der Waals surface area contributed by atoms with Crippen molar-refractivity contribution in [2.75, 3.05) is 27.4 Å². The number of methoxy groups -OCH3 is 2. The third kappa shape index (κ3) is 14.1. The molecule has 1 aromatic carbocycles. The molecular weight excluding hydrogens is 861 g/mol. The van der Waals surface area contributed by atoms with Crippen LogP contribution in [0.25, 0.3) is 0 Å². The number of fused-ring (bicyclic) bond motifs is 3. The maximum Gasteiger partial charge on any atom is 0.329 e. The number of benzene rings is 1. The first-order valence-corrected chi connectivity index (χ1v) is 24.4. The number of ether oxygens (including phenoxy) is 6. The van der Waals surface area contributed by atoms with Crippen LogP contribution in [0.15, 0.2) is 53.6 Å². The van der Waals surface area contributed by atoms with Crippen LogP contribution in [-0.2, 0) is 52.5 Å². The van der Waals surface area contributed by atoms with Crippen LogP contribution in [0.2, 0.25) is 0 Å². The van der Waals surface area contributed by atoms with Crippen LogP contribution in [0, 0.1) is 29.6 Å². The molecule has 0 radical (unpaired) electrons. The summed E-state index contributed by atoms with van der Waals surface area (Å²) in [5.41, 5.74) is 1.81. The average molecular weight is 937 g/mol. The van der Waals surface area contributed by atoms with Gasteiger partial charge in [-0.05, 0) is 120 Å². The highest BCUT2D eigenvalue weighted by atomic mass is 16.7. The fraction of sp³-hybridized carbons (Fsp3) is 0.692. The predicted molar refractivity (Wildman–Crippen MR) is 249 cm³/mol. The molecule has 1 saturated carbocycles. The second kappa shape index (κ2) is 24.7. The Bertz CT molecular complexity index is 1940. The monoisotopic (exact) mass is 937 g/mol. The Hall–Kier alpha value is -4.44. The number of aliphatic hydroxyl groups is 1. The maximum atomic E-state index is 14.6. The third-order valence-corrected chi connectivity index (χ3v) is 14.3. The number of nitrogens with one attached hydrogen (secondary N) is 1. The molecule has 3 aliphatic heterocycles. The quantitative estimate of drug-likeness (QED) is 0.145. The zero-order chi connectivity index (χ0) is 49.0. The standard InChI is InChI=1S/C52H76N2O13/c1-10-38-25-31(2)24-32(3)26-44(62-8)48-45(63-9)28-35(6)52(61,67-48)49(58)50(59)54-23-15-14-18-41(54)51(60)66-47(33(4)19-22-42(38)56)34(5)27-37-20-21-40(53-46(57)30-64-36(7)55)43(29-37)65-39-16-12-11-13-17-39/h11-13,16-17,25,27,32-33,35,37-38,40-41,43-45,47-48,61H,10,14-15,18-24,26,28-30H2,1-9H3,(H,53,57)/b31-25+,34-27?. The first-order chi connectivity index (χ1) is 31.9. The molecule has 13 atom stereocenters. The first kappa shape index (κ1) is 53.5. The number of ketones is 2.